The van der Waals surface area contributed by atoms with Crippen molar-refractivity contribution in [3.8, 4) is 0 Å². The molecule has 1 rings (SSSR count). The van der Waals surface area contributed by atoms with Crippen LogP contribution in [-0.2, 0) is 10.0 Å². The average Bonchev–Trinajstić information content (AvgIpc) is 2.33. The number of rotatable bonds is 5. The lowest BCUT2D eigenvalue weighted by Gasteiger charge is -2.24. The van der Waals surface area contributed by atoms with Crippen molar-refractivity contribution in [1.82, 2.24) is 15.5 Å². The molecule has 0 bridgehead atoms. The summed E-state index contributed by atoms with van der Waals surface area (Å²) in [5.74, 6) is 5.90. The number of hydrogen-bond acceptors (Lipinski definition) is 4. The van der Waals surface area contributed by atoms with Gasteiger partial charge >= 0.3 is 0 Å². The van der Waals surface area contributed by atoms with Crippen LogP contribution in [0.15, 0.2) is 4.99 Å². The van der Waals surface area contributed by atoms with Gasteiger partial charge in [-0.1, -0.05) is 19.3 Å². The van der Waals surface area contributed by atoms with Crippen molar-refractivity contribution in [2.75, 3.05) is 19.3 Å². The van der Waals surface area contributed by atoms with Crippen molar-refractivity contribution in [3.05, 3.63) is 0 Å². The second-order valence-corrected chi connectivity index (χ2v) is 6.35. The monoisotopic (exact) mass is 277 g/mol. The molecule has 0 unspecified atom stereocenters. The SMILES string of the molecule is CS(=O)(=O)NCCN=C(NN)NC1CCCCC1. The van der Waals surface area contributed by atoms with Gasteiger partial charge in [0.25, 0.3) is 0 Å². The highest BCUT2D eigenvalue weighted by atomic mass is 32.2. The highest BCUT2D eigenvalue weighted by Gasteiger charge is 2.13. The van der Waals surface area contributed by atoms with Crippen LogP contribution in [0, 0.1) is 0 Å². The topological polar surface area (TPSA) is 109 Å². The molecule has 1 aliphatic carbocycles. The Morgan fingerprint density at radius 3 is 2.56 bits per heavy atom. The molecule has 0 spiro atoms. The summed E-state index contributed by atoms with van der Waals surface area (Å²) in [5, 5.41) is 3.24. The van der Waals surface area contributed by atoms with Gasteiger partial charge in [0.2, 0.25) is 16.0 Å². The van der Waals surface area contributed by atoms with Gasteiger partial charge in [0.15, 0.2) is 0 Å². The molecule has 0 aliphatic heterocycles. The average molecular weight is 277 g/mol. The molecule has 7 nitrogen and oxygen atoms in total. The molecule has 1 aliphatic rings. The van der Waals surface area contributed by atoms with E-state index < -0.39 is 10.0 Å². The summed E-state index contributed by atoms with van der Waals surface area (Å²) in [4.78, 5) is 4.18. The molecule has 0 aromatic heterocycles. The lowest BCUT2D eigenvalue weighted by Crippen LogP contribution is -2.47. The van der Waals surface area contributed by atoms with E-state index in [0.717, 1.165) is 19.1 Å². The lowest BCUT2D eigenvalue weighted by atomic mass is 9.96. The first-order chi connectivity index (χ1) is 8.51. The van der Waals surface area contributed by atoms with Gasteiger partial charge in [-0.05, 0) is 12.8 Å². The Balaban J connectivity index is 2.30. The molecule has 0 heterocycles. The van der Waals surface area contributed by atoms with E-state index in [9.17, 15) is 8.42 Å². The summed E-state index contributed by atoms with van der Waals surface area (Å²) >= 11 is 0. The highest BCUT2D eigenvalue weighted by molar-refractivity contribution is 7.88. The zero-order valence-electron chi connectivity index (χ0n) is 10.8. The van der Waals surface area contributed by atoms with Crippen LogP contribution >= 0.6 is 0 Å². The molecule has 0 amide bonds. The molecule has 1 fully saturated rings. The van der Waals surface area contributed by atoms with Crippen molar-refractivity contribution in [1.29, 1.82) is 0 Å². The first-order valence-electron chi connectivity index (χ1n) is 6.23. The van der Waals surface area contributed by atoms with Gasteiger partial charge in [-0.25, -0.2) is 19.0 Å². The van der Waals surface area contributed by atoms with E-state index in [2.05, 4.69) is 20.5 Å². The Morgan fingerprint density at radius 1 is 1.33 bits per heavy atom. The summed E-state index contributed by atoms with van der Waals surface area (Å²) in [5.41, 5.74) is 2.51. The van der Waals surface area contributed by atoms with Crippen LogP contribution in [0.2, 0.25) is 0 Å². The third-order valence-electron chi connectivity index (χ3n) is 2.83. The molecule has 0 radical (unpaired) electrons. The van der Waals surface area contributed by atoms with Gasteiger partial charge in [-0.2, -0.15) is 0 Å². The van der Waals surface area contributed by atoms with Crippen molar-refractivity contribution in [2.45, 2.75) is 38.1 Å². The van der Waals surface area contributed by atoms with Gasteiger partial charge in [0, 0.05) is 12.6 Å². The predicted octanol–water partition coefficient (Wildman–Crippen LogP) is -0.723. The van der Waals surface area contributed by atoms with E-state index in [-0.39, 0.29) is 6.54 Å². The van der Waals surface area contributed by atoms with Crippen molar-refractivity contribution in [3.63, 3.8) is 0 Å². The van der Waals surface area contributed by atoms with Gasteiger partial charge in [0.05, 0.1) is 12.8 Å². The fourth-order valence-corrected chi connectivity index (χ4v) is 2.43. The third kappa shape index (κ3) is 6.77. The van der Waals surface area contributed by atoms with E-state index in [1.807, 2.05) is 0 Å². The maximum Gasteiger partial charge on any atom is 0.208 e. The largest absolute Gasteiger partial charge is 0.353 e. The number of aliphatic imine (C=N–C) groups is 1. The second kappa shape index (κ2) is 7.55. The van der Waals surface area contributed by atoms with Gasteiger partial charge in [-0.15, -0.1) is 0 Å². The Morgan fingerprint density at radius 2 is 2.00 bits per heavy atom. The van der Waals surface area contributed by atoms with E-state index in [1.54, 1.807) is 0 Å². The number of guanidine groups is 1. The Labute approximate surface area is 109 Å². The van der Waals surface area contributed by atoms with Gasteiger partial charge < -0.3 is 5.32 Å². The number of hydrogen-bond donors (Lipinski definition) is 4. The van der Waals surface area contributed by atoms with E-state index >= 15 is 0 Å². The summed E-state index contributed by atoms with van der Waals surface area (Å²) in [6.07, 6.45) is 7.12. The number of nitrogens with two attached hydrogens (primary N) is 1. The lowest BCUT2D eigenvalue weighted by molar-refractivity contribution is 0.410. The minimum Gasteiger partial charge on any atom is -0.353 e. The Hall–Kier alpha value is -0.860. The quantitative estimate of drug-likeness (QED) is 0.174. The van der Waals surface area contributed by atoms with Gasteiger partial charge in [-0.3, -0.25) is 10.4 Å². The van der Waals surface area contributed by atoms with E-state index in [1.165, 1.54) is 19.3 Å². The summed E-state index contributed by atoms with van der Waals surface area (Å²) < 4.78 is 24.1. The normalized spacial score (nSPS) is 18.7. The van der Waals surface area contributed by atoms with Crippen molar-refractivity contribution < 1.29 is 8.42 Å². The standard InChI is InChI=1S/C10H23N5O2S/c1-18(16,17)13-8-7-12-10(15-11)14-9-5-3-2-4-6-9/h9,13H,2-8,11H2,1H3,(H2,12,14,15). The van der Waals surface area contributed by atoms with Gasteiger partial charge in [0.1, 0.15) is 0 Å². The molecule has 1 saturated carbocycles. The van der Waals surface area contributed by atoms with Crippen LogP contribution in [0.5, 0.6) is 0 Å². The molecule has 5 N–H and O–H groups in total. The van der Waals surface area contributed by atoms with Crippen LogP contribution in [0.3, 0.4) is 0 Å². The summed E-state index contributed by atoms with van der Waals surface area (Å²) in [6, 6.07) is 0.413. The Bertz CT molecular complexity index is 362. The molecule has 0 atom stereocenters. The molecule has 18 heavy (non-hydrogen) atoms. The number of nitrogens with one attached hydrogen (secondary N) is 3. The van der Waals surface area contributed by atoms with E-state index in [4.69, 9.17) is 5.84 Å². The van der Waals surface area contributed by atoms with Crippen LogP contribution in [0.25, 0.3) is 0 Å². The maximum absolute atomic E-state index is 10.8. The minimum absolute atomic E-state index is 0.274. The fourth-order valence-electron chi connectivity index (χ4n) is 1.97. The predicted molar refractivity (Wildman–Crippen MR) is 72.5 cm³/mol. The number of hydrazine groups is 1. The van der Waals surface area contributed by atoms with Crippen LogP contribution in [0.4, 0.5) is 0 Å². The smallest absolute Gasteiger partial charge is 0.208 e. The zero-order chi connectivity index (χ0) is 13.4. The fraction of sp³-hybridized carbons (Fsp3) is 0.900. The van der Waals surface area contributed by atoms with Crippen LogP contribution < -0.4 is 21.3 Å². The molecule has 0 saturated heterocycles. The zero-order valence-corrected chi connectivity index (χ0v) is 11.6. The maximum atomic E-state index is 10.8. The highest BCUT2D eigenvalue weighted by Crippen LogP contribution is 2.16. The molecule has 8 heteroatoms. The minimum atomic E-state index is -3.15. The first-order valence-corrected chi connectivity index (χ1v) is 8.12. The number of sulfonamides is 1. The van der Waals surface area contributed by atoms with Crippen molar-refractivity contribution in [2.24, 2.45) is 10.8 Å². The van der Waals surface area contributed by atoms with E-state index in [0.29, 0.717) is 18.5 Å². The molecule has 106 valence electrons. The molecular weight excluding hydrogens is 254 g/mol. The first kappa shape index (κ1) is 15.2. The van der Waals surface area contributed by atoms with Crippen LogP contribution in [0.1, 0.15) is 32.1 Å². The van der Waals surface area contributed by atoms with Crippen molar-refractivity contribution >= 4 is 16.0 Å². The summed E-state index contributed by atoms with van der Waals surface area (Å²) in [7, 11) is -3.15. The third-order valence-corrected chi connectivity index (χ3v) is 3.56. The van der Waals surface area contributed by atoms with Crippen LogP contribution in [-0.4, -0.2) is 39.8 Å². The Kier molecular flexibility index (Phi) is 6.37. The molecule has 0 aromatic carbocycles. The number of nitrogens with zero attached hydrogens (tertiary/aromatic N) is 1. The second-order valence-electron chi connectivity index (χ2n) is 4.52. The summed E-state index contributed by atoms with van der Waals surface area (Å²) in [6.45, 7) is 0.628. The molecule has 0 aromatic rings. The molecular formula is C10H23N5O2S.